The number of nitrogens with zero attached hydrogens (tertiary/aromatic N) is 1. The first-order chi connectivity index (χ1) is 10.5. The molecule has 0 aromatic heterocycles. The lowest BCUT2D eigenvalue weighted by molar-refractivity contribution is 0.0954. The van der Waals surface area contributed by atoms with Gasteiger partial charge in [0, 0.05) is 10.0 Å². The van der Waals surface area contributed by atoms with Gasteiger partial charge in [0.05, 0.1) is 5.71 Å². The van der Waals surface area contributed by atoms with Gasteiger partial charge < -0.3 is 5.11 Å². The van der Waals surface area contributed by atoms with E-state index in [1.54, 1.807) is 36.4 Å². The van der Waals surface area contributed by atoms with Crippen molar-refractivity contribution in [3.8, 4) is 5.75 Å². The van der Waals surface area contributed by atoms with Crippen LogP contribution in [0.4, 0.5) is 0 Å². The van der Waals surface area contributed by atoms with Crippen LogP contribution in [0.5, 0.6) is 5.75 Å². The number of carbonyl (C=O) groups excluding carboxylic acids is 1. The van der Waals surface area contributed by atoms with Gasteiger partial charge in [0.1, 0.15) is 5.75 Å². The standard InChI is InChI=1S/C17H17BrN2O2/c1-3-16(12-6-8-14(21)9-7-12)19-20-17(22)13-5-4-11(2)15(18)10-13/h4-10,21H,3H2,1-2H3,(H,20,22). The molecule has 0 aliphatic rings. The third-order valence-corrected chi connectivity index (χ3v) is 4.12. The maximum absolute atomic E-state index is 12.1. The molecule has 0 radical (unpaired) electrons. The second-order valence-electron chi connectivity index (χ2n) is 4.86. The molecule has 2 aromatic carbocycles. The Balaban J connectivity index is 2.15. The molecule has 0 heterocycles. The first kappa shape index (κ1) is 16.2. The SMILES string of the molecule is CCC(=NNC(=O)c1ccc(C)c(Br)c1)c1ccc(O)cc1. The summed E-state index contributed by atoms with van der Waals surface area (Å²) in [6, 6.07) is 12.1. The molecule has 0 saturated carbocycles. The molecule has 0 aliphatic carbocycles. The molecule has 114 valence electrons. The molecular formula is C17H17BrN2O2. The zero-order valence-electron chi connectivity index (χ0n) is 12.4. The Labute approximate surface area is 138 Å². The number of benzene rings is 2. The van der Waals surface area contributed by atoms with E-state index in [2.05, 4.69) is 26.5 Å². The summed E-state index contributed by atoms with van der Waals surface area (Å²) in [6.45, 7) is 3.92. The number of hydrazone groups is 1. The van der Waals surface area contributed by atoms with Gasteiger partial charge in [-0.1, -0.05) is 28.9 Å². The maximum Gasteiger partial charge on any atom is 0.271 e. The Bertz CT molecular complexity index is 709. The van der Waals surface area contributed by atoms with Crippen LogP contribution >= 0.6 is 15.9 Å². The minimum atomic E-state index is -0.259. The number of nitrogens with one attached hydrogen (secondary N) is 1. The van der Waals surface area contributed by atoms with Gasteiger partial charge in [0.15, 0.2) is 0 Å². The van der Waals surface area contributed by atoms with Gasteiger partial charge in [-0.2, -0.15) is 5.10 Å². The van der Waals surface area contributed by atoms with E-state index in [1.165, 1.54) is 0 Å². The van der Waals surface area contributed by atoms with E-state index in [0.29, 0.717) is 12.0 Å². The van der Waals surface area contributed by atoms with Crippen LogP contribution in [0.15, 0.2) is 52.0 Å². The van der Waals surface area contributed by atoms with E-state index in [1.807, 2.05) is 19.9 Å². The first-order valence-electron chi connectivity index (χ1n) is 6.93. The average Bonchev–Trinajstić information content (AvgIpc) is 2.52. The van der Waals surface area contributed by atoms with Crippen molar-refractivity contribution in [1.29, 1.82) is 0 Å². The van der Waals surface area contributed by atoms with Crippen LogP contribution < -0.4 is 5.43 Å². The number of amides is 1. The van der Waals surface area contributed by atoms with E-state index < -0.39 is 0 Å². The molecule has 22 heavy (non-hydrogen) atoms. The minimum Gasteiger partial charge on any atom is -0.508 e. The quantitative estimate of drug-likeness (QED) is 0.639. The van der Waals surface area contributed by atoms with Gasteiger partial charge in [0.25, 0.3) is 5.91 Å². The second-order valence-corrected chi connectivity index (χ2v) is 5.72. The van der Waals surface area contributed by atoms with Crippen LogP contribution in [0.25, 0.3) is 0 Å². The lowest BCUT2D eigenvalue weighted by atomic mass is 10.1. The number of halogens is 1. The normalized spacial score (nSPS) is 11.3. The highest BCUT2D eigenvalue weighted by Gasteiger charge is 2.07. The highest BCUT2D eigenvalue weighted by Crippen LogP contribution is 2.17. The van der Waals surface area contributed by atoms with E-state index in [9.17, 15) is 9.90 Å². The van der Waals surface area contributed by atoms with Crippen molar-refractivity contribution in [1.82, 2.24) is 5.43 Å². The molecule has 4 nitrogen and oxygen atoms in total. The smallest absolute Gasteiger partial charge is 0.271 e. The highest BCUT2D eigenvalue weighted by molar-refractivity contribution is 9.10. The summed E-state index contributed by atoms with van der Waals surface area (Å²) in [6.07, 6.45) is 0.669. The molecule has 2 rings (SSSR count). The Hall–Kier alpha value is -2.14. The fourth-order valence-corrected chi connectivity index (χ4v) is 2.30. The Morgan fingerprint density at radius 1 is 1.18 bits per heavy atom. The van der Waals surface area contributed by atoms with E-state index in [0.717, 1.165) is 21.3 Å². The number of rotatable bonds is 4. The largest absolute Gasteiger partial charge is 0.508 e. The molecule has 0 aliphatic heterocycles. The first-order valence-corrected chi connectivity index (χ1v) is 7.73. The molecule has 2 aromatic rings. The van der Waals surface area contributed by atoms with Crippen molar-refractivity contribution in [2.75, 3.05) is 0 Å². The number of hydrogen-bond acceptors (Lipinski definition) is 3. The van der Waals surface area contributed by atoms with Crippen molar-refractivity contribution in [3.63, 3.8) is 0 Å². The fourth-order valence-electron chi connectivity index (χ4n) is 1.92. The number of carbonyl (C=O) groups is 1. The van der Waals surface area contributed by atoms with Crippen LogP contribution in [-0.4, -0.2) is 16.7 Å². The molecule has 2 N–H and O–H groups in total. The predicted molar refractivity (Wildman–Crippen MR) is 91.3 cm³/mol. The molecule has 5 heteroatoms. The van der Waals surface area contributed by atoms with Crippen molar-refractivity contribution in [2.45, 2.75) is 20.3 Å². The maximum atomic E-state index is 12.1. The predicted octanol–water partition coefficient (Wildman–Crippen LogP) is 4.01. The molecule has 0 atom stereocenters. The fraction of sp³-hybridized carbons (Fsp3) is 0.176. The monoisotopic (exact) mass is 360 g/mol. The minimum absolute atomic E-state index is 0.202. The second kappa shape index (κ2) is 7.22. The molecule has 1 amide bonds. The number of hydrogen-bond donors (Lipinski definition) is 2. The van der Waals surface area contributed by atoms with Crippen molar-refractivity contribution < 1.29 is 9.90 Å². The van der Waals surface area contributed by atoms with Gasteiger partial charge in [0.2, 0.25) is 0 Å². The van der Waals surface area contributed by atoms with Gasteiger partial charge in [-0.05, 0) is 60.9 Å². The van der Waals surface area contributed by atoms with Crippen LogP contribution in [0.3, 0.4) is 0 Å². The molecule has 0 bridgehead atoms. The van der Waals surface area contributed by atoms with Gasteiger partial charge >= 0.3 is 0 Å². The Morgan fingerprint density at radius 2 is 1.82 bits per heavy atom. The van der Waals surface area contributed by atoms with Crippen molar-refractivity contribution in [3.05, 3.63) is 63.6 Å². The van der Waals surface area contributed by atoms with E-state index >= 15 is 0 Å². The summed E-state index contributed by atoms with van der Waals surface area (Å²) in [5, 5.41) is 13.5. The summed E-state index contributed by atoms with van der Waals surface area (Å²) < 4.78 is 0.887. The number of phenols is 1. The third kappa shape index (κ3) is 3.95. The zero-order valence-corrected chi connectivity index (χ0v) is 14.0. The molecule has 0 spiro atoms. The van der Waals surface area contributed by atoms with Crippen LogP contribution in [0.2, 0.25) is 0 Å². The van der Waals surface area contributed by atoms with Crippen molar-refractivity contribution >= 4 is 27.5 Å². The molecule has 0 saturated heterocycles. The zero-order chi connectivity index (χ0) is 16.1. The number of aromatic hydroxyl groups is 1. The number of aryl methyl sites for hydroxylation is 1. The molecule has 0 unspecified atom stereocenters. The van der Waals surface area contributed by atoms with E-state index in [4.69, 9.17) is 0 Å². The van der Waals surface area contributed by atoms with Crippen LogP contribution in [0, 0.1) is 6.92 Å². The number of phenolic OH excluding ortho intramolecular Hbond substituents is 1. The topological polar surface area (TPSA) is 61.7 Å². The van der Waals surface area contributed by atoms with Crippen LogP contribution in [-0.2, 0) is 0 Å². The Kier molecular flexibility index (Phi) is 5.33. The average molecular weight is 361 g/mol. The lowest BCUT2D eigenvalue weighted by Gasteiger charge is -2.06. The summed E-state index contributed by atoms with van der Waals surface area (Å²) >= 11 is 3.41. The Morgan fingerprint density at radius 3 is 2.41 bits per heavy atom. The lowest BCUT2D eigenvalue weighted by Crippen LogP contribution is -2.20. The summed E-state index contributed by atoms with van der Waals surface area (Å²) in [5.74, 6) is -0.0572. The highest BCUT2D eigenvalue weighted by atomic mass is 79.9. The summed E-state index contributed by atoms with van der Waals surface area (Å²) in [7, 11) is 0. The summed E-state index contributed by atoms with van der Waals surface area (Å²) in [5.41, 5.74) is 5.80. The van der Waals surface area contributed by atoms with Gasteiger partial charge in [-0.25, -0.2) is 5.43 Å². The van der Waals surface area contributed by atoms with Gasteiger partial charge in [-0.3, -0.25) is 4.79 Å². The van der Waals surface area contributed by atoms with E-state index in [-0.39, 0.29) is 11.7 Å². The van der Waals surface area contributed by atoms with Gasteiger partial charge in [-0.15, -0.1) is 0 Å². The van der Waals surface area contributed by atoms with Crippen LogP contribution in [0.1, 0.15) is 34.8 Å². The third-order valence-electron chi connectivity index (χ3n) is 3.26. The summed E-state index contributed by atoms with van der Waals surface area (Å²) in [4.78, 5) is 12.1. The van der Waals surface area contributed by atoms with Crippen molar-refractivity contribution in [2.24, 2.45) is 5.10 Å². The molecule has 0 fully saturated rings. The molecular weight excluding hydrogens is 344 g/mol.